The van der Waals surface area contributed by atoms with Crippen molar-refractivity contribution in [2.24, 2.45) is 0 Å². The average molecular weight is 253 g/mol. The zero-order valence-electron chi connectivity index (χ0n) is 12.6. The Morgan fingerprint density at radius 3 is 2.85 bits per heavy atom. The number of amides is 1. The van der Waals surface area contributed by atoms with E-state index < -0.39 is 30.7 Å². The predicted octanol–water partition coefficient (Wildman–Crippen LogP) is 2.86. The maximum absolute atomic E-state index is 11.8. The molecule has 0 saturated heterocycles. The molecule has 0 spiro atoms. The van der Waals surface area contributed by atoms with E-state index in [0.717, 1.165) is 0 Å². The van der Waals surface area contributed by atoms with Crippen LogP contribution < -0.4 is 0 Å². The predicted molar refractivity (Wildman–Crippen MR) is 54.6 cm³/mol. The highest BCUT2D eigenvalue weighted by molar-refractivity contribution is 9.11. The second kappa shape index (κ2) is 3.70. The first-order chi connectivity index (χ1) is 7.82. The number of halogens is 1. The average Bonchev–Trinajstić information content (AvgIpc) is 2.22. The van der Waals surface area contributed by atoms with Gasteiger partial charge in [0.15, 0.2) is 0 Å². The van der Waals surface area contributed by atoms with Crippen molar-refractivity contribution < 1.29 is 16.4 Å². The second-order valence-corrected chi connectivity index (χ2v) is 4.27. The van der Waals surface area contributed by atoms with E-state index in [1.54, 1.807) is 20.8 Å². The summed E-state index contributed by atoms with van der Waals surface area (Å²) >= 11 is 2.82. The quantitative estimate of drug-likeness (QED) is 0.664. The Morgan fingerprint density at radius 1 is 1.85 bits per heavy atom. The fourth-order valence-electron chi connectivity index (χ4n) is 0.658. The Labute approximate surface area is 93.9 Å². The Morgan fingerprint density at radius 2 is 2.46 bits per heavy atom. The maximum Gasteiger partial charge on any atom is 0.414 e. The lowest BCUT2D eigenvalue weighted by molar-refractivity contribution is 0.0349. The van der Waals surface area contributed by atoms with Crippen molar-refractivity contribution >= 4 is 22.0 Å². The molecular formula is C9H14BrNO2. The molecule has 0 aliphatic carbocycles. The van der Waals surface area contributed by atoms with Gasteiger partial charge in [0.2, 0.25) is 0 Å². The standard InChI is InChI=1S/C9H14BrNO2/c1-9(2,3)13-8(12)11-5-4-7(10)6-11/h6H,4-5H2,1-3H3/i4D2,5D2,6D. The summed E-state index contributed by atoms with van der Waals surface area (Å²) in [5, 5.41) is 0. The molecule has 4 heteroatoms. The van der Waals surface area contributed by atoms with Crippen LogP contribution in [0.2, 0.25) is 0 Å². The zero-order valence-corrected chi connectivity index (χ0v) is 9.23. The molecule has 1 aliphatic heterocycles. The third-order valence-electron chi connectivity index (χ3n) is 1.06. The van der Waals surface area contributed by atoms with Gasteiger partial charge in [-0.25, -0.2) is 4.79 Å². The number of carbonyl (C=O) groups is 1. The van der Waals surface area contributed by atoms with E-state index in [1.807, 2.05) is 0 Å². The number of nitrogens with zero attached hydrogens (tertiary/aromatic N) is 1. The molecule has 0 unspecified atom stereocenters. The van der Waals surface area contributed by atoms with E-state index in [1.165, 1.54) is 0 Å². The van der Waals surface area contributed by atoms with Crippen LogP contribution in [0.3, 0.4) is 0 Å². The van der Waals surface area contributed by atoms with E-state index in [0.29, 0.717) is 4.90 Å². The normalized spacial score (nSPS) is 31.4. The fourth-order valence-corrected chi connectivity index (χ4v) is 0.924. The molecule has 0 atom stereocenters. The molecular weight excluding hydrogens is 234 g/mol. The van der Waals surface area contributed by atoms with Crippen LogP contribution in [0.15, 0.2) is 10.7 Å². The highest BCUT2D eigenvalue weighted by Crippen LogP contribution is 2.21. The molecule has 13 heavy (non-hydrogen) atoms. The second-order valence-electron chi connectivity index (χ2n) is 3.48. The summed E-state index contributed by atoms with van der Waals surface area (Å²) < 4.78 is 42.8. The molecule has 74 valence electrons. The van der Waals surface area contributed by atoms with Gasteiger partial charge < -0.3 is 4.74 Å². The molecule has 3 nitrogen and oxygen atoms in total. The number of ether oxygens (including phenoxy) is 1. The lowest BCUT2D eigenvalue weighted by atomic mass is 10.2. The number of carbonyl (C=O) groups excluding carboxylic acids is 1. The SMILES string of the molecule is [2H]C1=C(Br)C([2H])([2H])C([2H])([2H])N1C(=O)OC(C)(C)C. The summed E-state index contributed by atoms with van der Waals surface area (Å²) in [6, 6.07) is 0. The van der Waals surface area contributed by atoms with E-state index >= 15 is 0 Å². The summed E-state index contributed by atoms with van der Waals surface area (Å²) in [6.07, 6.45) is -4.14. The summed E-state index contributed by atoms with van der Waals surface area (Å²) in [7, 11) is 0. The van der Waals surface area contributed by atoms with Crippen LogP contribution >= 0.6 is 15.9 Å². The minimum Gasteiger partial charge on any atom is -0.443 e. The van der Waals surface area contributed by atoms with Crippen molar-refractivity contribution in [3.63, 3.8) is 0 Å². The van der Waals surface area contributed by atoms with E-state index in [2.05, 4.69) is 15.9 Å². The first-order valence-electron chi connectivity index (χ1n) is 6.22. The van der Waals surface area contributed by atoms with Crippen LogP contribution in [-0.2, 0) is 4.74 Å². The van der Waals surface area contributed by atoms with Gasteiger partial charge in [-0.3, -0.25) is 4.90 Å². The van der Waals surface area contributed by atoms with Gasteiger partial charge in [0.25, 0.3) is 0 Å². The molecule has 1 aliphatic rings. The number of hydrogen-bond acceptors (Lipinski definition) is 2. The molecule has 1 amide bonds. The van der Waals surface area contributed by atoms with Crippen LogP contribution in [0.5, 0.6) is 0 Å². The molecule has 0 aromatic carbocycles. The Bertz CT molecular complexity index is 416. The largest absolute Gasteiger partial charge is 0.443 e. The zero-order chi connectivity index (χ0) is 14.5. The number of hydrogen-bond donors (Lipinski definition) is 0. The summed E-state index contributed by atoms with van der Waals surface area (Å²) in [6.45, 7) is 2.14. The summed E-state index contributed by atoms with van der Waals surface area (Å²) in [4.78, 5) is 12.2. The first kappa shape index (κ1) is 5.39. The summed E-state index contributed by atoms with van der Waals surface area (Å²) in [5.74, 6) is 0. The first-order valence-corrected chi connectivity index (χ1v) is 4.52. The van der Waals surface area contributed by atoms with Gasteiger partial charge in [-0.15, -0.1) is 0 Å². The van der Waals surface area contributed by atoms with Gasteiger partial charge in [-0.1, -0.05) is 15.9 Å². The molecule has 0 bridgehead atoms. The Hall–Kier alpha value is -0.510. The van der Waals surface area contributed by atoms with Crippen LogP contribution in [-0.4, -0.2) is 23.1 Å². The van der Waals surface area contributed by atoms with E-state index in [-0.39, 0.29) is 4.48 Å². The maximum atomic E-state index is 11.8. The third kappa shape index (κ3) is 3.38. The Kier molecular flexibility index (Phi) is 1.53. The molecule has 0 aromatic heterocycles. The minimum atomic E-state index is -2.68. The molecule has 0 N–H and O–H groups in total. The van der Waals surface area contributed by atoms with E-state index in [9.17, 15) is 4.79 Å². The van der Waals surface area contributed by atoms with Gasteiger partial charge >= 0.3 is 6.09 Å². The molecule has 1 rings (SSSR count). The molecule has 0 aromatic rings. The van der Waals surface area contributed by atoms with Crippen LogP contribution in [0.1, 0.15) is 34.0 Å². The van der Waals surface area contributed by atoms with Crippen LogP contribution in [0.25, 0.3) is 0 Å². The summed E-state index contributed by atoms with van der Waals surface area (Å²) in [5.41, 5.74) is -0.852. The molecule has 0 saturated carbocycles. The van der Waals surface area contributed by atoms with Crippen molar-refractivity contribution in [2.45, 2.75) is 32.7 Å². The Balaban J connectivity index is 3.15. The van der Waals surface area contributed by atoms with Crippen molar-refractivity contribution in [1.29, 1.82) is 0 Å². The minimum absolute atomic E-state index is 0.314. The van der Waals surface area contributed by atoms with Crippen molar-refractivity contribution in [3.8, 4) is 0 Å². The lowest BCUT2D eigenvalue weighted by Crippen LogP contribution is -2.32. The van der Waals surface area contributed by atoms with Crippen molar-refractivity contribution in [3.05, 3.63) is 10.7 Å². The third-order valence-corrected chi connectivity index (χ3v) is 1.44. The lowest BCUT2D eigenvalue weighted by Gasteiger charge is -2.23. The highest BCUT2D eigenvalue weighted by Gasteiger charge is 2.23. The van der Waals surface area contributed by atoms with Gasteiger partial charge in [0.1, 0.15) is 5.60 Å². The van der Waals surface area contributed by atoms with Gasteiger partial charge in [-0.2, -0.15) is 0 Å². The molecule has 1 heterocycles. The van der Waals surface area contributed by atoms with Gasteiger partial charge in [-0.05, 0) is 27.1 Å². The molecule has 0 radical (unpaired) electrons. The molecule has 0 fully saturated rings. The van der Waals surface area contributed by atoms with Crippen molar-refractivity contribution in [2.75, 3.05) is 6.50 Å². The van der Waals surface area contributed by atoms with Crippen molar-refractivity contribution in [1.82, 2.24) is 4.90 Å². The number of rotatable bonds is 0. The smallest absolute Gasteiger partial charge is 0.414 e. The van der Waals surface area contributed by atoms with Crippen LogP contribution in [0, 0.1) is 0 Å². The van der Waals surface area contributed by atoms with Gasteiger partial charge in [0, 0.05) is 19.9 Å². The van der Waals surface area contributed by atoms with Gasteiger partial charge in [0.05, 0.1) is 4.11 Å². The monoisotopic (exact) mass is 252 g/mol. The van der Waals surface area contributed by atoms with Crippen LogP contribution in [0.4, 0.5) is 4.79 Å². The van der Waals surface area contributed by atoms with E-state index in [4.69, 9.17) is 11.6 Å². The highest BCUT2D eigenvalue weighted by atomic mass is 79.9. The topological polar surface area (TPSA) is 29.5 Å². The fraction of sp³-hybridized carbons (Fsp3) is 0.667.